The number of rotatable bonds is 4. The Morgan fingerprint density at radius 3 is 2.04 bits per heavy atom. The van der Waals surface area contributed by atoms with Gasteiger partial charge in [0.05, 0.1) is 0 Å². The van der Waals surface area contributed by atoms with E-state index in [0.717, 1.165) is 16.7 Å². The first-order valence-corrected chi connectivity index (χ1v) is 8.35. The molecule has 0 bridgehead atoms. The molecule has 0 N–H and O–H groups in total. The van der Waals surface area contributed by atoms with E-state index in [-0.39, 0.29) is 5.82 Å². The first-order valence-electron chi connectivity index (χ1n) is 7.47. The van der Waals surface area contributed by atoms with Crippen LogP contribution in [0, 0.1) is 12.7 Å². The summed E-state index contributed by atoms with van der Waals surface area (Å²) in [6.07, 6.45) is 0. The summed E-state index contributed by atoms with van der Waals surface area (Å²) in [5, 5.41) is 2.13. The van der Waals surface area contributed by atoms with E-state index < -0.39 is 0 Å². The molecular weight excluding hydrogens is 303 g/mol. The van der Waals surface area contributed by atoms with Crippen LogP contribution in [-0.4, -0.2) is 0 Å². The fourth-order valence-corrected chi connectivity index (χ4v) is 3.11. The van der Waals surface area contributed by atoms with E-state index in [0.29, 0.717) is 0 Å². The highest BCUT2D eigenvalue weighted by Gasteiger charge is 2.05. The molecule has 114 valence electrons. The minimum absolute atomic E-state index is 0.215. The molecule has 23 heavy (non-hydrogen) atoms. The van der Waals surface area contributed by atoms with Crippen LogP contribution in [-0.2, 0) is 0 Å². The largest absolute Gasteiger partial charge is 0.207 e. The molecule has 0 nitrogen and oxygen atoms in total. The summed E-state index contributed by atoms with van der Waals surface area (Å²) in [4.78, 5) is 1.19. The van der Waals surface area contributed by atoms with Crippen molar-refractivity contribution in [2.45, 2.75) is 11.8 Å². The minimum Gasteiger partial charge on any atom is -0.207 e. The monoisotopic (exact) mass is 320 g/mol. The van der Waals surface area contributed by atoms with Crippen LogP contribution in [0.3, 0.4) is 0 Å². The second-order valence-electron chi connectivity index (χ2n) is 5.34. The third-order valence-corrected chi connectivity index (χ3v) is 4.47. The Morgan fingerprint density at radius 1 is 0.783 bits per heavy atom. The molecular formula is C21H17FS. The summed E-state index contributed by atoms with van der Waals surface area (Å²) in [5.74, 6) is -0.215. The molecule has 2 heteroatoms. The normalized spacial score (nSPS) is 11.5. The van der Waals surface area contributed by atoms with Crippen molar-refractivity contribution in [3.63, 3.8) is 0 Å². The Balaban J connectivity index is 1.96. The molecule has 0 radical (unpaired) electrons. The molecule has 0 aliphatic rings. The summed E-state index contributed by atoms with van der Waals surface area (Å²) in [6, 6.07) is 25.3. The lowest BCUT2D eigenvalue weighted by molar-refractivity contribution is 0.627. The van der Waals surface area contributed by atoms with Crippen molar-refractivity contribution in [2.24, 2.45) is 0 Å². The van der Waals surface area contributed by atoms with Crippen LogP contribution in [0.15, 0.2) is 89.2 Å². The van der Waals surface area contributed by atoms with E-state index in [4.69, 9.17) is 0 Å². The van der Waals surface area contributed by atoms with E-state index in [9.17, 15) is 4.39 Å². The van der Waals surface area contributed by atoms with Gasteiger partial charge < -0.3 is 0 Å². The molecule has 0 amide bonds. The van der Waals surface area contributed by atoms with Gasteiger partial charge in [-0.05, 0) is 53.3 Å². The van der Waals surface area contributed by atoms with Gasteiger partial charge in [-0.3, -0.25) is 0 Å². The van der Waals surface area contributed by atoms with E-state index in [2.05, 4.69) is 48.7 Å². The first-order chi connectivity index (χ1) is 11.2. The Kier molecular flexibility index (Phi) is 4.94. The van der Waals surface area contributed by atoms with Crippen molar-refractivity contribution < 1.29 is 4.39 Å². The summed E-state index contributed by atoms with van der Waals surface area (Å²) in [5.41, 5.74) is 4.48. The van der Waals surface area contributed by atoms with E-state index >= 15 is 0 Å². The number of halogens is 1. The maximum atomic E-state index is 13.2. The number of benzene rings is 3. The van der Waals surface area contributed by atoms with Crippen LogP contribution in [0.5, 0.6) is 0 Å². The first kappa shape index (κ1) is 15.6. The fraction of sp³-hybridized carbons (Fsp3) is 0.0476. The second-order valence-corrected chi connectivity index (χ2v) is 6.28. The minimum atomic E-state index is -0.215. The maximum absolute atomic E-state index is 13.2. The number of hydrogen-bond donors (Lipinski definition) is 0. The topological polar surface area (TPSA) is 0 Å². The lowest BCUT2D eigenvalue weighted by Crippen LogP contribution is -1.88. The third-order valence-electron chi connectivity index (χ3n) is 3.57. The Morgan fingerprint density at radius 2 is 1.39 bits per heavy atom. The molecule has 3 rings (SSSR count). The van der Waals surface area contributed by atoms with Crippen LogP contribution in [0.4, 0.5) is 4.39 Å². The molecule has 0 heterocycles. The zero-order valence-electron chi connectivity index (χ0n) is 12.9. The number of thioether (sulfide) groups is 1. The van der Waals surface area contributed by atoms with E-state index in [1.165, 1.54) is 22.6 Å². The number of hydrogen-bond acceptors (Lipinski definition) is 1. The fourth-order valence-electron chi connectivity index (χ4n) is 2.29. The molecule has 0 aliphatic heterocycles. The van der Waals surface area contributed by atoms with E-state index in [1.54, 1.807) is 11.8 Å². The zero-order chi connectivity index (χ0) is 16.1. The third kappa shape index (κ3) is 4.11. The van der Waals surface area contributed by atoms with Crippen LogP contribution < -0.4 is 0 Å². The molecule has 3 aromatic rings. The second kappa shape index (κ2) is 7.30. The van der Waals surface area contributed by atoms with Gasteiger partial charge in [0.15, 0.2) is 0 Å². The summed E-state index contributed by atoms with van der Waals surface area (Å²) in [7, 11) is 0. The average molecular weight is 320 g/mol. The summed E-state index contributed by atoms with van der Waals surface area (Å²) in [6.45, 7) is 2.08. The predicted octanol–water partition coefficient (Wildman–Crippen LogP) is 6.32. The lowest BCUT2D eigenvalue weighted by atomic mass is 10.00. The standard InChI is InChI=1S/C21H17FS/c1-16-7-13-20(14-8-16)23-15-21(17-5-3-2-4-6-17)18-9-11-19(22)12-10-18/h2-15H,1H3/b21-15-. The van der Waals surface area contributed by atoms with Crippen LogP contribution in [0.25, 0.3) is 5.57 Å². The van der Waals surface area contributed by atoms with Gasteiger partial charge >= 0.3 is 0 Å². The van der Waals surface area contributed by atoms with Gasteiger partial charge in [0.2, 0.25) is 0 Å². The van der Waals surface area contributed by atoms with Crippen LogP contribution in [0.2, 0.25) is 0 Å². The predicted molar refractivity (Wildman–Crippen MR) is 97.0 cm³/mol. The van der Waals surface area contributed by atoms with Crippen LogP contribution >= 0.6 is 11.8 Å². The lowest BCUT2D eigenvalue weighted by Gasteiger charge is -2.09. The molecule has 0 aromatic heterocycles. The van der Waals surface area contributed by atoms with Crippen molar-refractivity contribution in [3.8, 4) is 0 Å². The van der Waals surface area contributed by atoms with Crippen molar-refractivity contribution in [1.29, 1.82) is 0 Å². The quantitative estimate of drug-likeness (QED) is 0.507. The molecule has 0 saturated heterocycles. The van der Waals surface area contributed by atoms with Gasteiger partial charge in [-0.25, -0.2) is 4.39 Å². The van der Waals surface area contributed by atoms with Gasteiger partial charge in [0.1, 0.15) is 5.82 Å². The van der Waals surface area contributed by atoms with Crippen LogP contribution in [0.1, 0.15) is 16.7 Å². The zero-order valence-corrected chi connectivity index (χ0v) is 13.7. The Labute approximate surface area is 140 Å². The van der Waals surface area contributed by atoms with Crippen molar-refractivity contribution in [3.05, 3.63) is 107 Å². The molecule has 0 saturated carbocycles. The van der Waals surface area contributed by atoms with Crippen molar-refractivity contribution in [1.82, 2.24) is 0 Å². The van der Waals surface area contributed by atoms with Gasteiger partial charge in [-0.1, -0.05) is 71.9 Å². The van der Waals surface area contributed by atoms with Gasteiger partial charge in [-0.15, -0.1) is 0 Å². The van der Waals surface area contributed by atoms with Gasteiger partial charge in [0.25, 0.3) is 0 Å². The van der Waals surface area contributed by atoms with E-state index in [1.807, 2.05) is 30.3 Å². The Bertz CT molecular complexity index is 788. The SMILES string of the molecule is Cc1ccc(S/C=C(/c2ccccc2)c2ccc(F)cc2)cc1. The van der Waals surface area contributed by atoms with Crippen molar-refractivity contribution >= 4 is 17.3 Å². The maximum Gasteiger partial charge on any atom is 0.123 e. The molecule has 0 unspecified atom stereocenters. The summed E-state index contributed by atoms with van der Waals surface area (Å²) >= 11 is 1.68. The molecule has 0 spiro atoms. The van der Waals surface area contributed by atoms with Gasteiger partial charge in [-0.2, -0.15) is 0 Å². The smallest absolute Gasteiger partial charge is 0.123 e. The number of aryl methyl sites for hydroxylation is 1. The highest BCUT2D eigenvalue weighted by atomic mass is 32.2. The average Bonchev–Trinajstić information content (AvgIpc) is 2.59. The highest BCUT2D eigenvalue weighted by molar-refractivity contribution is 8.02. The summed E-state index contributed by atoms with van der Waals surface area (Å²) < 4.78 is 13.2. The highest BCUT2D eigenvalue weighted by Crippen LogP contribution is 2.30. The molecule has 0 fully saturated rings. The van der Waals surface area contributed by atoms with Gasteiger partial charge in [0, 0.05) is 4.90 Å². The molecule has 0 aliphatic carbocycles. The Hall–Kier alpha value is -2.32. The molecule has 0 atom stereocenters. The van der Waals surface area contributed by atoms with Crippen molar-refractivity contribution in [2.75, 3.05) is 0 Å². The molecule has 3 aromatic carbocycles.